The van der Waals surface area contributed by atoms with Crippen molar-refractivity contribution in [3.63, 3.8) is 0 Å². The van der Waals surface area contributed by atoms with Gasteiger partial charge in [-0.1, -0.05) is 61.3 Å². The van der Waals surface area contributed by atoms with Crippen molar-refractivity contribution in [1.29, 1.82) is 0 Å². The van der Waals surface area contributed by atoms with Crippen LogP contribution in [0.15, 0.2) is 78.1 Å². The molecule has 0 aliphatic carbocycles. The normalized spacial score (nSPS) is 27.5. The topological polar surface area (TPSA) is 92.0 Å². The maximum Gasteiger partial charge on any atom is 0.254 e. The molecule has 9 nitrogen and oxygen atoms in total. The largest absolute Gasteiger partial charge is 0.312 e. The van der Waals surface area contributed by atoms with E-state index in [0.29, 0.717) is 41.2 Å². The Hall–Kier alpha value is -3.34. The van der Waals surface area contributed by atoms with E-state index in [1.807, 2.05) is 58.0 Å². The van der Waals surface area contributed by atoms with Gasteiger partial charge in [0.25, 0.3) is 5.56 Å². The monoisotopic (exact) mass is 640 g/mol. The second-order valence-corrected chi connectivity index (χ2v) is 14.0. The number of nitrogens with zero attached hydrogens (tertiary/aromatic N) is 5. The molecule has 0 radical (unpaired) electrons. The number of aromatic nitrogens is 4. The number of hydrogen-bond acceptors (Lipinski definition) is 7. The molecule has 7 rings (SSSR count). The number of hydrogen-bond donors (Lipinski definition) is 3. The van der Waals surface area contributed by atoms with Crippen LogP contribution in [0.3, 0.4) is 0 Å². The number of benzene rings is 2. The lowest BCUT2D eigenvalue weighted by Crippen LogP contribution is -2.54. The van der Waals surface area contributed by atoms with Crippen LogP contribution in [0, 0.1) is 11.8 Å². The van der Waals surface area contributed by atoms with Gasteiger partial charge in [-0.15, -0.1) is 0 Å². The highest BCUT2D eigenvalue weighted by Gasteiger charge is 2.41. The van der Waals surface area contributed by atoms with Gasteiger partial charge in [0, 0.05) is 60.1 Å². The zero-order chi connectivity index (χ0) is 31.6. The van der Waals surface area contributed by atoms with E-state index in [0.717, 1.165) is 68.4 Å². The van der Waals surface area contributed by atoms with Gasteiger partial charge < -0.3 is 10.6 Å². The summed E-state index contributed by atoms with van der Waals surface area (Å²) in [6.45, 7) is 5.97. The van der Waals surface area contributed by atoms with E-state index in [9.17, 15) is 4.79 Å². The minimum absolute atomic E-state index is 0.0241. The lowest BCUT2D eigenvalue weighted by Gasteiger charge is -2.42. The lowest BCUT2D eigenvalue weighted by atomic mass is 9.80. The predicted molar refractivity (Wildman–Crippen MR) is 184 cm³/mol. The van der Waals surface area contributed by atoms with Crippen LogP contribution < -0.4 is 21.6 Å². The SMILES string of the molecule is C[C@@H]1CCC[C@H](n2cnc(-c3cc(Cl)ccc3-c3cnn(Cc4ccccc4)c3)cc2=O)C2CC(CCN2)C2C(CNN2C)NC1. The van der Waals surface area contributed by atoms with E-state index in [-0.39, 0.29) is 17.6 Å². The number of halogens is 1. The van der Waals surface area contributed by atoms with Gasteiger partial charge in [0.2, 0.25) is 0 Å². The third kappa shape index (κ3) is 6.71. The summed E-state index contributed by atoms with van der Waals surface area (Å²) < 4.78 is 3.83. The Kier molecular flexibility index (Phi) is 9.38. The van der Waals surface area contributed by atoms with Crippen molar-refractivity contribution in [2.45, 2.75) is 69.7 Å². The standard InChI is InChI=1S/C36H45ClN8O/c1-24-7-6-10-34(32-15-26(13-14-38-32)36-33(39-18-24)20-41-43(36)2)45-23-40-31(17-35(45)46)30-16-28(37)11-12-29(30)27-19-42-44(22-27)21-25-8-4-3-5-9-25/h3-5,8-9,11-12,16-17,19,22-24,26,32-34,36,38-39,41H,6-7,10,13-15,18,20-21H2,1-2H3/t24-,26?,32?,33?,34+,36?/m1/s1. The van der Waals surface area contributed by atoms with Crippen LogP contribution in [0.25, 0.3) is 22.4 Å². The van der Waals surface area contributed by atoms with Crippen molar-refractivity contribution >= 4 is 11.6 Å². The quantitative estimate of drug-likeness (QED) is 0.283. The first kappa shape index (κ1) is 31.3. The van der Waals surface area contributed by atoms with Crippen molar-refractivity contribution < 1.29 is 0 Å². The highest BCUT2D eigenvalue weighted by molar-refractivity contribution is 6.31. The summed E-state index contributed by atoms with van der Waals surface area (Å²) in [5.74, 6) is 1.12. The van der Waals surface area contributed by atoms with Gasteiger partial charge >= 0.3 is 0 Å². The van der Waals surface area contributed by atoms with E-state index in [1.165, 1.54) is 5.56 Å². The fourth-order valence-electron chi connectivity index (χ4n) is 7.97. The predicted octanol–water partition coefficient (Wildman–Crippen LogP) is 4.98. The van der Waals surface area contributed by atoms with Crippen LogP contribution in [-0.4, -0.2) is 69.1 Å². The van der Waals surface area contributed by atoms with Gasteiger partial charge in [-0.05, 0) is 73.9 Å². The second-order valence-electron chi connectivity index (χ2n) is 13.5. The van der Waals surface area contributed by atoms with E-state index in [4.69, 9.17) is 16.6 Å². The number of fused-ring (bicyclic) bond motifs is 4. The minimum Gasteiger partial charge on any atom is -0.312 e. The molecule has 3 fully saturated rings. The fourth-order valence-corrected chi connectivity index (χ4v) is 8.14. The molecule has 3 saturated heterocycles. The average molecular weight is 641 g/mol. The molecule has 4 unspecified atom stereocenters. The molecule has 0 spiro atoms. The van der Waals surface area contributed by atoms with Gasteiger partial charge in [0.05, 0.1) is 30.8 Å². The highest BCUT2D eigenvalue weighted by atomic mass is 35.5. The number of hydrazine groups is 1. The van der Waals surface area contributed by atoms with Crippen LogP contribution in [-0.2, 0) is 6.54 Å². The summed E-state index contributed by atoms with van der Waals surface area (Å²) in [6, 6.07) is 18.9. The van der Waals surface area contributed by atoms with Crippen molar-refractivity contribution in [2.24, 2.45) is 11.8 Å². The zero-order valence-electron chi connectivity index (χ0n) is 26.8. The average Bonchev–Trinajstić information content (AvgIpc) is 3.68. The summed E-state index contributed by atoms with van der Waals surface area (Å²) in [7, 11) is 2.18. The Labute approximate surface area is 276 Å². The molecule has 2 aromatic heterocycles. The number of rotatable bonds is 5. The van der Waals surface area contributed by atoms with Crippen molar-refractivity contribution in [3.05, 3.63) is 94.3 Å². The Morgan fingerprint density at radius 1 is 0.978 bits per heavy atom. The smallest absolute Gasteiger partial charge is 0.254 e. The fraction of sp³-hybridized carbons (Fsp3) is 0.472. The van der Waals surface area contributed by atoms with Crippen LogP contribution in [0.5, 0.6) is 0 Å². The van der Waals surface area contributed by atoms with E-state index >= 15 is 0 Å². The first-order valence-corrected chi connectivity index (χ1v) is 17.2. The molecule has 6 atom stereocenters. The number of piperidine rings is 1. The molecule has 4 aromatic rings. The second kappa shape index (κ2) is 13.8. The van der Waals surface area contributed by atoms with Gasteiger partial charge in [0.1, 0.15) is 0 Å². The van der Waals surface area contributed by atoms with Crippen LogP contribution in [0.4, 0.5) is 0 Å². The molecule has 5 heterocycles. The van der Waals surface area contributed by atoms with Crippen LogP contribution in [0.2, 0.25) is 5.02 Å². The molecule has 3 N–H and O–H groups in total. The summed E-state index contributed by atoms with van der Waals surface area (Å²) in [5, 5.41) is 15.2. The molecule has 3 aliphatic heterocycles. The molecular weight excluding hydrogens is 596 g/mol. The molecule has 2 bridgehead atoms. The zero-order valence-corrected chi connectivity index (χ0v) is 27.5. The molecule has 46 heavy (non-hydrogen) atoms. The van der Waals surface area contributed by atoms with E-state index in [1.54, 1.807) is 12.4 Å². The van der Waals surface area contributed by atoms with Crippen molar-refractivity contribution in [1.82, 2.24) is 40.4 Å². The van der Waals surface area contributed by atoms with Crippen molar-refractivity contribution in [2.75, 3.05) is 26.7 Å². The first-order chi connectivity index (χ1) is 22.4. The third-order valence-corrected chi connectivity index (χ3v) is 10.6. The molecule has 2 aromatic carbocycles. The Bertz CT molecular complexity index is 1690. The summed E-state index contributed by atoms with van der Waals surface area (Å²) >= 11 is 6.51. The molecular formula is C36H45ClN8O. The molecule has 0 amide bonds. The van der Waals surface area contributed by atoms with E-state index in [2.05, 4.69) is 52.3 Å². The minimum atomic E-state index is -0.0241. The van der Waals surface area contributed by atoms with E-state index < -0.39 is 0 Å². The van der Waals surface area contributed by atoms with Gasteiger partial charge in [-0.2, -0.15) is 5.10 Å². The molecule has 0 saturated carbocycles. The number of nitrogens with one attached hydrogen (secondary N) is 3. The Balaban J connectivity index is 1.18. The van der Waals surface area contributed by atoms with Crippen LogP contribution >= 0.6 is 11.6 Å². The maximum atomic E-state index is 14.0. The Morgan fingerprint density at radius 3 is 2.70 bits per heavy atom. The summed E-state index contributed by atoms with van der Waals surface area (Å²) in [6.07, 6.45) is 11.0. The number of likely N-dealkylation sites (N-methyl/N-ethyl adjacent to an activating group) is 1. The van der Waals surface area contributed by atoms with Gasteiger partial charge in [0.15, 0.2) is 0 Å². The van der Waals surface area contributed by atoms with Gasteiger partial charge in [-0.3, -0.25) is 19.5 Å². The summed E-state index contributed by atoms with van der Waals surface area (Å²) in [5.41, 5.74) is 8.10. The molecule has 3 aliphatic rings. The third-order valence-electron chi connectivity index (χ3n) is 10.4. The first-order valence-electron chi connectivity index (χ1n) is 16.8. The molecule has 10 heteroatoms. The summed E-state index contributed by atoms with van der Waals surface area (Å²) in [4.78, 5) is 18.9. The maximum absolute atomic E-state index is 14.0. The molecule has 242 valence electrons. The van der Waals surface area contributed by atoms with Gasteiger partial charge in [-0.25, -0.2) is 9.99 Å². The Morgan fingerprint density at radius 2 is 1.85 bits per heavy atom. The van der Waals surface area contributed by atoms with Crippen LogP contribution in [0.1, 0.15) is 50.6 Å². The lowest BCUT2D eigenvalue weighted by molar-refractivity contribution is 0.108. The van der Waals surface area contributed by atoms with Crippen molar-refractivity contribution in [3.8, 4) is 22.4 Å². The highest BCUT2D eigenvalue weighted by Crippen LogP contribution is 2.35.